The molecule has 0 saturated carbocycles. The van der Waals surface area contributed by atoms with Crippen molar-refractivity contribution in [3.63, 3.8) is 0 Å². The van der Waals surface area contributed by atoms with Gasteiger partial charge in [-0.1, -0.05) is 66.4 Å². The van der Waals surface area contributed by atoms with Crippen molar-refractivity contribution in [1.82, 2.24) is 10.2 Å². The van der Waals surface area contributed by atoms with Crippen molar-refractivity contribution >= 4 is 46.2 Å². The lowest BCUT2D eigenvalue weighted by Gasteiger charge is -2.14. The van der Waals surface area contributed by atoms with Crippen molar-refractivity contribution < 1.29 is 14.3 Å². The van der Waals surface area contributed by atoms with Gasteiger partial charge in [-0.2, -0.15) is 0 Å². The Morgan fingerprint density at radius 2 is 1.90 bits per heavy atom. The number of hydrogen-bond donors (Lipinski definition) is 1. The molecule has 1 N–H and O–H groups in total. The number of thiocarbonyl (C=S) groups is 1. The number of carbonyl (C=O) groups excluding carboxylic acids is 2. The Bertz CT molecular complexity index is 911. The number of ether oxygens (including phenoxy) is 1. The van der Waals surface area contributed by atoms with Gasteiger partial charge in [-0.3, -0.25) is 14.5 Å². The first-order valence-electron chi connectivity index (χ1n) is 9.27. The molecule has 0 atom stereocenters. The Kier molecular flexibility index (Phi) is 7.43. The number of carbonyl (C=O) groups is 2. The quantitative estimate of drug-likeness (QED) is 0.511. The van der Waals surface area contributed by atoms with Gasteiger partial charge in [0.1, 0.15) is 10.1 Å². The van der Waals surface area contributed by atoms with Crippen LogP contribution in [0.4, 0.5) is 0 Å². The van der Waals surface area contributed by atoms with Crippen LogP contribution in [0.15, 0.2) is 59.5 Å². The van der Waals surface area contributed by atoms with E-state index in [1.807, 2.05) is 60.7 Å². The van der Waals surface area contributed by atoms with Crippen LogP contribution >= 0.6 is 24.0 Å². The molecule has 0 radical (unpaired) electrons. The van der Waals surface area contributed by atoms with Crippen LogP contribution in [0.2, 0.25) is 0 Å². The van der Waals surface area contributed by atoms with Crippen molar-refractivity contribution in [2.24, 2.45) is 0 Å². The normalized spacial score (nSPS) is 15.1. The number of amides is 2. The van der Waals surface area contributed by atoms with Crippen LogP contribution in [0.25, 0.3) is 6.08 Å². The standard InChI is InChI=1S/C22H22N2O3S2/c1-27-18-11-9-16(10-12-18)14-19-21(26)24(22(28)29-19)13-5-8-20(25)23-15-17-6-3-2-4-7-17/h2-4,6-7,9-12,14H,5,8,13,15H2,1H3,(H,23,25)/b19-14-. The van der Waals surface area contributed by atoms with Crippen molar-refractivity contribution in [1.29, 1.82) is 0 Å². The molecule has 1 saturated heterocycles. The van der Waals surface area contributed by atoms with Crippen LogP contribution in [-0.2, 0) is 16.1 Å². The van der Waals surface area contributed by atoms with Gasteiger partial charge in [0, 0.05) is 19.5 Å². The summed E-state index contributed by atoms with van der Waals surface area (Å²) in [4.78, 5) is 26.9. The summed E-state index contributed by atoms with van der Waals surface area (Å²) in [6.07, 6.45) is 2.73. The second-order valence-corrected chi connectivity index (χ2v) is 8.15. The number of nitrogens with zero attached hydrogens (tertiary/aromatic N) is 1. The van der Waals surface area contributed by atoms with E-state index in [9.17, 15) is 9.59 Å². The summed E-state index contributed by atoms with van der Waals surface area (Å²) in [6.45, 7) is 0.939. The molecule has 1 aliphatic heterocycles. The van der Waals surface area contributed by atoms with Crippen molar-refractivity contribution in [2.75, 3.05) is 13.7 Å². The van der Waals surface area contributed by atoms with Crippen molar-refractivity contribution in [2.45, 2.75) is 19.4 Å². The average molecular weight is 427 g/mol. The molecule has 0 bridgehead atoms. The fraction of sp³-hybridized carbons (Fsp3) is 0.227. The smallest absolute Gasteiger partial charge is 0.266 e. The maximum absolute atomic E-state index is 12.7. The van der Waals surface area contributed by atoms with Crippen LogP contribution in [0.5, 0.6) is 5.75 Å². The number of benzene rings is 2. The number of nitrogens with one attached hydrogen (secondary N) is 1. The van der Waals surface area contributed by atoms with Gasteiger partial charge in [0.05, 0.1) is 12.0 Å². The minimum atomic E-state index is -0.111. The molecule has 0 aromatic heterocycles. The molecule has 2 aromatic rings. The van der Waals surface area contributed by atoms with Gasteiger partial charge < -0.3 is 10.1 Å². The Labute approximate surface area is 180 Å². The van der Waals surface area contributed by atoms with E-state index in [2.05, 4.69) is 5.32 Å². The van der Waals surface area contributed by atoms with E-state index in [1.54, 1.807) is 12.0 Å². The zero-order chi connectivity index (χ0) is 20.6. The third-order valence-corrected chi connectivity index (χ3v) is 5.78. The van der Waals surface area contributed by atoms with E-state index < -0.39 is 0 Å². The van der Waals surface area contributed by atoms with E-state index in [4.69, 9.17) is 17.0 Å². The summed E-state index contributed by atoms with van der Waals surface area (Å²) < 4.78 is 5.67. The number of thioether (sulfide) groups is 1. The van der Waals surface area contributed by atoms with Gasteiger partial charge >= 0.3 is 0 Å². The SMILES string of the molecule is COc1ccc(/C=C2\SC(=S)N(CCCC(=O)NCc3ccccc3)C2=O)cc1. The van der Waals surface area contributed by atoms with Crippen molar-refractivity contribution in [3.05, 3.63) is 70.6 Å². The highest BCUT2D eigenvalue weighted by atomic mass is 32.2. The number of rotatable bonds is 8. The fourth-order valence-electron chi connectivity index (χ4n) is 2.83. The molecule has 0 aliphatic carbocycles. The summed E-state index contributed by atoms with van der Waals surface area (Å²) in [5, 5.41) is 2.90. The summed E-state index contributed by atoms with van der Waals surface area (Å²) in [7, 11) is 1.61. The van der Waals surface area contributed by atoms with Gasteiger partial charge in [0.25, 0.3) is 5.91 Å². The lowest BCUT2D eigenvalue weighted by Crippen LogP contribution is -2.30. The summed E-state index contributed by atoms with van der Waals surface area (Å²) in [6, 6.07) is 17.2. The minimum absolute atomic E-state index is 0.0342. The number of methoxy groups -OCH3 is 1. The predicted molar refractivity (Wildman–Crippen MR) is 120 cm³/mol. The van der Waals surface area contributed by atoms with E-state index in [0.29, 0.717) is 35.2 Å². The molecule has 1 aliphatic rings. The van der Waals surface area contributed by atoms with Gasteiger partial charge in [0.15, 0.2) is 0 Å². The Hall–Kier alpha value is -2.64. The minimum Gasteiger partial charge on any atom is -0.497 e. The molecule has 3 rings (SSSR count). The van der Waals surface area contributed by atoms with Crippen molar-refractivity contribution in [3.8, 4) is 5.75 Å². The highest BCUT2D eigenvalue weighted by Gasteiger charge is 2.31. The molecular formula is C22H22N2O3S2. The average Bonchev–Trinajstić information content (AvgIpc) is 3.01. The molecule has 2 amide bonds. The van der Waals surface area contributed by atoms with E-state index >= 15 is 0 Å². The van der Waals surface area contributed by atoms with Crippen LogP contribution in [0.3, 0.4) is 0 Å². The van der Waals surface area contributed by atoms with Gasteiger partial charge in [-0.15, -0.1) is 0 Å². The van der Waals surface area contributed by atoms with E-state index in [0.717, 1.165) is 16.9 Å². The predicted octanol–water partition coefficient (Wildman–Crippen LogP) is 3.99. The second kappa shape index (κ2) is 10.2. The molecule has 1 heterocycles. The Balaban J connectivity index is 1.48. The molecule has 0 unspecified atom stereocenters. The molecule has 7 heteroatoms. The zero-order valence-corrected chi connectivity index (χ0v) is 17.7. The lowest BCUT2D eigenvalue weighted by atomic mass is 10.2. The first-order valence-corrected chi connectivity index (χ1v) is 10.5. The molecular weight excluding hydrogens is 404 g/mol. The first-order chi connectivity index (χ1) is 14.1. The van der Waals surface area contributed by atoms with Crippen LogP contribution in [0.1, 0.15) is 24.0 Å². The van der Waals surface area contributed by atoms with Crippen LogP contribution in [0, 0.1) is 0 Å². The number of hydrogen-bond acceptors (Lipinski definition) is 5. The third-order valence-electron chi connectivity index (χ3n) is 4.41. The molecule has 0 spiro atoms. The Morgan fingerprint density at radius 3 is 2.59 bits per heavy atom. The maximum atomic E-state index is 12.7. The highest BCUT2D eigenvalue weighted by molar-refractivity contribution is 8.26. The summed E-state index contributed by atoms with van der Waals surface area (Å²) >= 11 is 6.64. The van der Waals surface area contributed by atoms with Gasteiger partial charge in [-0.05, 0) is 35.8 Å². The second-order valence-electron chi connectivity index (χ2n) is 6.47. The van der Waals surface area contributed by atoms with Gasteiger partial charge in [0.2, 0.25) is 5.91 Å². The summed E-state index contributed by atoms with van der Waals surface area (Å²) in [5.41, 5.74) is 1.97. The van der Waals surface area contributed by atoms with E-state index in [-0.39, 0.29) is 11.8 Å². The lowest BCUT2D eigenvalue weighted by molar-refractivity contribution is -0.124. The highest BCUT2D eigenvalue weighted by Crippen LogP contribution is 2.32. The largest absolute Gasteiger partial charge is 0.497 e. The molecule has 29 heavy (non-hydrogen) atoms. The van der Waals surface area contributed by atoms with Crippen LogP contribution in [-0.4, -0.2) is 34.7 Å². The Morgan fingerprint density at radius 1 is 1.17 bits per heavy atom. The third kappa shape index (κ3) is 5.92. The molecule has 150 valence electrons. The topological polar surface area (TPSA) is 58.6 Å². The fourth-order valence-corrected chi connectivity index (χ4v) is 4.14. The van der Waals surface area contributed by atoms with E-state index in [1.165, 1.54) is 11.8 Å². The first kappa shape index (κ1) is 21.1. The molecule has 2 aromatic carbocycles. The maximum Gasteiger partial charge on any atom is 0.266 e. The zero-order valence-electron chi connectivity index (χ0n) is 16.1. The molecule has 1 fully saturated rings. The van der Waals surface area contributed by atoms with Crippen LogP contribution < -0.4 is 10.1 Å². The summed E-state index contributed by atoms with van der Waals surface area (Å²) in [5.74, 6) is 0.619. The van der Waals surface area contributed by atoms with Gasteiger partial charge in [-0.25, -0.2) is 0 Å². The monoisotopic (exact) mass is 426 g/mol. The molecule has 5 nitrogen and oxygen atoms in total.